The molecule has 2 aromatic carbocycles. The van der Waals surface area contributed by atoms with E-state index in [1.54, 1.807) is 18.2 Å². The zero-order chi connectivity index (χ0) is 22.3. The van der Waals surface area contributed by atoms with Crippen molar-refractivity contribution >= 4 is 23.5 Å². The first-order valence-electron chi connectivity index (χ1n) is 9.17. The van der Waals surface area contributed by atoms with Crippen LogP contribution in [0.5, 0.6) is 11.5 Å². The number of benzene rings is 2. The maximum absolute atomic E-state index is 13.8. The van der Waals surface area contributed by atoms with Crippen LogP contribution in [0.2, 0.25) is 0 Å². The Hall–Kier alpha value is -2.52. The van der Waals surface area contributed by atoms with Gasteiger partial charge in [-0.3, -0.25) is 0 Å². The Morgan fingerprint density at radius 2 is 1.93 bits per heavy atom. The molecule has 0 bridgehead atoms. The van der Waals surface area contributed by atoms with Gasteiger partial charge in [0.05, 0.1) is 30.2 Å². The van der Waals surface area contributed by atoms with Gasteiger partial charge in [-0.15, -0.1) is 0 Å². The van der Waals surface area contributed by atoms with Gasteiger partial charge in [0, 0.05) is 5.56 Å². The maximum atomic E-state index is 13.8. The van der Waals surface area contributed by atoms with Gasteiger partial charge in [-0.05, 0) is 37.1 Å². The number of nitrogens with zero attached hydrogens (tertiary/aromatic N) is 1. The average molecular weight is 441 g/mol. The highest BCUT2D eigenvalue weighted by atomic mass is 32.2. The van der Waals surface area contributed by atoms with Crippen molar-refractivity contribution < 1.29 is 32.0 Å². The molecule has 0 aliphatic carbocycles. The molecule has 2 aromatic rings. The summed E-state index contributed by atoms with van der Waals surface area (Å²) >= 11 is -1.64. The molecule has 0 amide bonds. The smallest absolute Gasteiger partial charge is 0.417 e. The third kappa shape index (κ3) is 5.99. The zero-order valence-corrected chi connectivity index (χ0v) is 17.6. The number of unbranched alkanes of at least 4 members (excludes halogenated alkanes) is 1. The number of carbonyl (C=O) groups is 1. The van der Waals surface area contributed by atoms with Crippen LogP contribution in [0, 0.1) is 6.92 Å². The minimum atomic E-state index is -4.77. The number of esters is 1. The molecule has 5 nitrogen and oxygen atoms in total. The normalized spacial score (nSPS) is 12.8. The quantitative estimate of drug-likeness (QED) is 0.247. The van der Waals surface area contributed by atoms with E-state index in [2.05, 4.69) is 4.40 Å². The molecule has 0 heterocycles. The van der Waals surface area contributed by atoms with E-state index in [1.807, 2.05) is 6.92 Å². The molecule has 0 radical (unpaired) electrons. The highest BCUT2D eigenvalue weighted by Crippen LogP contribution is 2.39. The summed E-state index contributed by atoms with van der Waals surface area (Å²) in [7, 11) is 1.24. The Morgan fingerprint density at radius 1 is 1.27 bits per heavy atom. The molecule has 162 valence electrons. The third-order valence-electron chi connectivity index (χ3n) is 4.21. The van der Waals surface area contributed by atoms with Gasteiger partial charge in [-0.2, -0.15) is 13.2 Å². The SMILES string of the molecule is CCCC[S+]([O-])/N=C\c1cc(OC)c(C(=O)Oc2ccccc2)c(C)c1C(F)(F)F. The summed E-state index contributed by atoms with van der Waals surface area (Å²) in [4.78, 5) is 12.6. The number of methoxy groups -OCH3 is 1. The lowest BCUT2D eigenvalue weighted by Crippen LogP contribution is -2.19. The van der Waals surface area contributed by atoms with E-state index in [0.717, 1.165) is 25.6 Å². The standard InChI is InChI=1S/C21H22F3NO4S/c1-4-5-11-30(27)25-13-15-12-17(28-3)18(14(2)19(15)21(22,23)24)20(26)29-16-9-7-6-8-10-16/h6-10,12-13H,4-5,11H2,1-3H3/b25-13-. The van der Waals surface area contributed by atoms with E-state index in [0.29, 0.717) is 6.42 Å². The first-order valence-corrected chi connectivity index (χ1v) is 10.4. The fourth-order valence-electron chi connectivity index (χ4n) is 2.79. The van der Waals surface area contributed by atoms with Gasteiger partial charge in [0.25, 0.3) is 0 Å². The van der Waals surface area contributed by atoms with Crippen LogP contribution in [-0.4, -0.2) is 29.6 Å². The monoisotopic (exact) mass is 441 g/mol. The van der Waals surface area contributed by atoms with Crippen LogP contribution in [0.1, 0.15) is 46.8 Å². The molecule has 0 fully saturated rings. The summed E-state index contributed by atoms with van der Waals surface area (Å²) in [6, 6.07) is 9.05. The lowest BCUT2D eigenvalue weighted by molar-refractivity contribution is -0.138. The van der Waals surface area contributed by atoms with E-state index in [9.17, 15) is 22.5 Å². The van der Waals surface area contributed by atoms with Gasteiger partial charge >= 0.3 is 12.1 Å². The highest BCUT2D eigenvalue weighted by molar-refractivity contribution is 7.90. The third-order valence-corrected chi connectivity index (χ3v) is 5.19. The number of carbonyl (C=O) groups excluding carboxylic acids is 1. The van der Waals surface area contributed by atoms with Crippen molar-refractivity contribution in [2.45, 2.75) is 32.9 Å². The molecular formula is C21H22F3NO4S. The minimum absolute atomic E-state index is 0.0952. The lowest BCUT2D eigenvalue weighted by Gasteiger charge is -2.19. The van der Waals surface area contributed by atoms with Gasteiger partial charge in [0.2, 0.25) is 0 Å². The fourth-order valence-corrected chi connectivity index (χ4v) is 3.66. The Morgan fingerprint density at radius 3 is 2.50 bits per heavy atom. The van der Waals surface area contributed by atoms with Crippen LogP contribution >= 0.6 is 0 Å². The molecule has 1 unspecified atom stereocenters. The molecule has 0 spiro atoms. The van der Waals surface area contributed by atoms with Crippen molar-refractivity contribution in [2.24, 2.45) is 4.40 Å². The second-order valence-electron chi connectivity index (χ2n) is 6.36. The van der Waals surface area contributed by atoms with Crippen molar-refractivity contribution in [1.29, 1.82) is 0 Å². The largest absolute Gasteiger partial charge is 0.591 e. The van der Waals surface area contributed by atoms with E-state index >= 15 is 0 Å². The number of ether oxygens (including phenoxy) is 2. The molecule has 1 atom stereocenters. The minimum Gasteiger partial charge on any atom is -0.591 e. The zero-order valence-electron chi connectivity index (χ0n) is 16.8. The van der Waals surface area contributed by atoms with Crippen LogP contribution in [0.15, 0.2) is 40.8 Å². The van der Waals surface area contributed by atoms with Gasteiger partial charge in [-0.25, -0.2) is 4.79 Å². The predicted molar refractivity (Wildman–Crippen MR) is 110 cm³/mol. The van der Waals surface area contributed by atoms with Crippen LogP contribution in [0.4, 0.5) is 13.2 Å². The highest BCUT2D eigenvalue weighted by Gasteiger charge is 2.38. The molecule has 0 aromatic heterocycles. The van der Waals surface area contributed by atoms with E-state index < -0.39 is 29.1 Å². The predicted octanol–water partition coefficient (Wildman–Crippen LogP) is 5.12. The van der Waals surface area contributed by atoms with Gasteiger partial charge < -0.3 is 14.0 Å². The van der Waals surface area contributed by atoms with Gasteiger partial charge in [0.15, 0.2) is 0 Å². The topological polar surface area (TPSA) is 71.0 Å². The van der Waals surface area contributed by atoms with Crippen molar-refractivity contribution in [2.75, 3.05) is 12.9 Å². The molecule has 0 N–H and O–H groups in total. The number of alkyl halides is 3. The molecule has 2 rings (SSSR count). The summed E-state index contributed by atoms with van der Waals surface area (Å²) in [5.41, 5.74) is -2.08. The molecular weight excluding hydrogens is 419 g/mol. The van der Waals surface area contributed by atoms with Crippen molar-refractivity contribution in [3.05, 3.63) is 58.7 Å². The second kappa shape index (κ2) is 10.5. The Bertz CT molecular complexity index is 901. The summed E-state index contributed by atoms with van der Waals surface area (Å²) in [5.74, 6) is -0.626. The Labute approximate surface area is 176 Å². The molecule has 0 saturated heterocycles. The fraction of sp³-hybridized carbons (Fsp3) is 0.333. The van der Waals surface area contributed by atoms with Gasteiger partial charge in [-0.1, -0.05) is 35.9 Å². The van der Waals surface area contributed by atoms with E-state index in [4.69, 9.17) is 9.47 Å². The Kier molecular flexibility index (Phi) is 8.31. The van der Waals surface area contributed by atoms with Crippen molar-refractivity contribution in [3.63, 3.8) is 0 Å². The first-order chi connectivity index (χ1) is 14.2. The summed E-state index contributed by atoms with van der Waals surface area (Å²) < 4.78 is 67.4. The Balaban J connectivity index is 2.52. The van der Waals surface area contributed by atoms with Crippen LogP contribution < -0.4 is 9.47 Å². The van der Waals surface area contributed by atoms with Gasteiger partial charge in [0.1, 0.15) is 22.8 Å². The lowest BCUT2D eigenvalue weighted by atomic mass is 9.95. The molecule has 9 heteroatoms. The summed E-state index contributed by atoms with van der Waals surface area (Å²) in [6.45, 7) is 3.07. The molecule has 30 heavy (non-hydrogen) atoms. The molecule has 0 aliphatic rings. The number of para-hydroxylation sites is 1. The number of hydrogen-bond donors (Lipinski definition) is 0. The van der Waals surface area contributed by atoms with E-state index in [1.165, 1.54) is 19.2 Å². The first kappa shape index (κ1) is 23.8. The van der Waals surface area contributed by atoms with E-state index in [-0.39, 0.29) is 33.9 Å². The van der Waals surface area contributed by atoms with Crippen molar-refractivity contribution in [3.8, 4) is 11.5 Å². The average Bonchev–Trinajstić information content (AvgIpc) is 2.69. The van der Waals surface area contributed by atoms with Crippen LogP contribution in [0.3, 0.4) is 0 Å². The van der Waals surface area contributed by atoms with Crippen LogP contribution in [0.25, 0.3) is 0 Å². The maximum Gasteiger partial charge on any atom is 0.417 e. The number of hydrogen-bond acceptors (Lipinski definition) is 5. The van der Waals surface area contributed by atoms with Crippen molar-refractivity contribution in [1.82, 2.24) is 0 Å². The number of halogens is 3. The summed E-state index contributed by atoms with van der Waals surface area (Å²) in [5, 5.41) is 0. The second-order valence-corrected chi connectivity index (χ2v) is 7.62. The van der Waals surface area contributed by atoms with Crippen LogP contribution in [-0.2, 0) is 17.5 Å². The summed E-state index contributed by atoms with van der Waals surface area (Å²) in [6.07, 6.45) is -2.43. The molecule has 0 saturated carbocycles. The number of rotatable bonds is 8. The molecule has 0 aliphatic heterocycles.